The molecule has 160 valence electrons. The van der Waals surface area contributed by atoms with Gasteiger partial charge in [-0.05, 0) is 70.0 Å². The highest BCUT2D eigenvalue weighted by atomic mass is 127. The lowest BCUT2D eigenvalue weighted by molar-refractivity contribution is -0.121. The molecule has 0 fully saturated rings. The SMILES string of the molecule is COc1cc(/C=N\NC(=O)CCc2ccccc2)cc(I)c1OCc1ccc(Cl)cc1. The number of ether oxygens (including phenoxy) is 2. The van der Waals surface area contributed by atoms with Gasteiger partial charge in [-0.2, -0.15) is 5.10 Å². The van der Waals surface area contributed by atoms with Gasteiger partial charge in [0.05, 0.1) is 16.9 Å². The molecule has 1 N–H and O–H groups in total. The van der Waals surface area contributed by atoms with Crippen molar-refractivity contribution >= 4 is 46.3 Å². The van der Waals surface area contributed by atoms with Crippen LogP contribution in [0.1, 0.15) is 23.1 Å². The van der Waals surface area contributed by atoms with Crippen LogP contribution >= 0.6 is 34.2 Å². The molecule has 0 aliphatic heterocycles. The highest BCUT2D eigenvalue weighted by Gasteiger charge is 2.12. The van der Waals surface area contributed by atoms with Gasteiger partial charge in [0.2, 0.25) is 5.91 Å². The molecule has 0 aliphatic carbocycles. The third-order valence-electron chi connectivity index (χ3n) is 4.43. The summed E-state index contributed by atoms with van der Waals surface area (Å²) in [6, 6.07) is 21.1. The van der Waals surface area contributed by atoms with Gasteiger partial charge in [0.15, 0.2) is 11.5 Å². The Hall–Kier alpha value is -2.58. The highest BCUT2D eigenvalue weighted by Crippen LogP contribution is 2.34. The van der Waals surface area contributed by atoms with Crippen LogP contribution in [0, 0.1) is 3.57 Å². The second-order valence-corrected chi connectivity index (χ2v) is 8.33. The van der Waals surface area contributed by atoms with Crippen LogP contribution in [0.2, 0.25) is 5.02 Å². The predicted octanol–water partition coefficient (Wildman–Crippen LogP) is 5.62. The summed E-state index contributed by atoms with van der Waals surface area (Å²) >= 11 is 8.12. The monoisotopic (exact) mass is 548 g/mol. The lowest BCUT2D eigenvalue weighted by atomic mass is 10.1. The fourth-order valence-electron chi connectivity index (χ4n) is 2.83. The van der Waals surface area contributed by atoms with E-state index in [1.54, 1.807) is 13.3 Å². The van der Waals surface area contributed by atoms with E-state index in [0.717, 1.165) is 20.3 Å². The van der Waals surface area contributed by atoms with Gasteiger partial charge < -0.3 is 9.47 Å². The molecule has 0 spiro atoms. The summed E-state index contributed by atoms with van der Waals surface area (Å²) in [4.78, 5) is 12.0. The van der Waals surface area contributed by atoms with Crippen molar-refractivity contribution in [2.24, 2.45) is 5.10 Å². The summed E-state index contributed by atoms with van der Waals surface area (Å²) in [6.45, 7) is 0.397. The summed E-state index contributed by atoms with van der Waals surface area (Å²) in [5.74, 6) is 1.12. The van der Waals surface area contributed by atoms with Crippen LogP contribution in [0.4, 0.5) is 0 Å². The summed E-state index contributed by atoms with van der Waals surface area (Å²) in [5.41, 5.74) is 5.49. The third kappa shape index (κ3) is 7.25. The van der Waals surface area contributed by atoms with Gasteiger partial charge >= 0.3 is 0 Å². The minimum absolute atomic E-state index is 0.135. The number of methoxy groups -OCH3 is 1. The number of rotatable bonds is 9. The van der Waals surface area contributed by atoms with E-state index in [1.807, 2.05) is 66.7 Å². The number of benzene rings is 3. The molecule has 31 heavy (non-hydrogen) atoms. The van der Waals surface area contributed by atoms with Gasteiger partial charge in [-0.3, -0.25) is 4.79 Å². The Morgan fingerprint density at radius 1 is 1.10 bits per heavy atom. The number of nitrogens with zero attached hydrogens (tertiary/aromatic N) is 1. The predicted molar refractivity (Wildman–Crippen MR) is 132 cm³/mol. The molecule has 5 nitrogen and oxygen atoms in total. The zero-order valence-electron chi connectivity index (χ0n) is 17.0. The number of hydrogen-bond acceptors (Lipinski definition) is 4. The van der Waals surface area contributed by atoms with E-state index < -0.39 is 0 Å². The maximum atomic E-state index is 12.0. The van der Waals surface area contributed by atoms with E-state index in [9.17, 15) is 4.79 Å². The Bertz CT molecular complexity index is 1040. The topological polar surface area (TPSA) is 59.9 Å². The Morgan fingerprint density at radius 3 is 2.55 bits per heavy atom. The fraction of sp³-hybridized carbons (Fsp3) is 0.167. The number of nitrogens with one attached hydrogen (secondary N) is 1. The van der Waals surface area contributed by atoms with E-state index in [-0.39, 0.29) is 5.91 Å². The molecule has 0 heterocycles. The number of aryl methyl sites for hydroxylation is 1. The molecule has 0 atom stereocenters. The number of halogens is 2. The zero-order valence-corrected chi connectivity index (χ0v) is 19.9. The van der Waals surface area contributed by atoms with Crippen LogP contribution in [0.3, 0.4) is 0 Å². The molecule has 3 rings (SSSR count). The van der Waals surface area contributed by atoms with Crippen molar-refractivity contribution in [3.05, 3.63) is 92.0 Å². The number of hydrogen-bond donors (Lipinski definition) is 1. The molecule has 3 aromatic carbocycles. The first-order valence-electron chi connectivity index (χ1n) is 9.66. The Labute approximate surface area is 200 Å². The van der Waals surface area contributed by atoms with Crippen molar-refractivity contribution in [1.82, 2.24) is 5.43 Å². The Balaban J connectivity index is 1.58. The van der Waals surface area contributed by atoms with Crippen LogP contribution in [0.25, 0.3) is 0 Å². The minimum Gasteiger partial charge on any atom is -0.493 e. The van der Waals surface area contributed by atoms with Crippen molar-refractivity contribution < 1.29 is 14.3 Å². The normalized spacial score (nSPS) is 10.8. The van der Waals surface area contributed by atoms with Crippen molar-refractivity contribution in [3.8, 4) is 11.5 Å². The highest BCUT2D eigenvalue weighted by molar-refractivity contribution is 14.1. The van der Waals surface area contributed by atoms with Crippen LogP contribution < -0.4 is 14.9 Å². The lowest BCUT2D eigenvalue weighted by Crippen LogP contribution is -2.17. The van der Waals surface area contributed by atoms with Gasteiger partial charge in [-0.15, -0.1) is 0 Å². The lowest BCUT2D eigenvalue weighted by Gasteiger charge is -2.13. The molecule has 3 aromatic rings. The van der Waals surface area contributed by atoms with Crippen molar-refractivity contribution in [1.29, 1.82) is 0 Å². The van der Waals surface area contributed by atoms with Gasteiger partial charge in [0.25, 0.3) is 0 Å². The van der Waals surface area contributed by atoms with Gasteiger partial charge in [-0.25, -0.2) is 5.43 Å². The van der Waals surface area contributed by atoms with Crippen LogP contribution in [0.15, 0.2) is 71.8 Å². The number of carbonyl (C=O) groups excluding carboxylic acids is 1. The number of hydrazone groups is 1. The first-order valence-corrected chi connectivity index (χ1v) is 11.1. The Kier molecular flexibility index (Phi) is 8.73. The van der Waals surface area contributed by atoms with Gasteiger partial charge in [0, 0.05) is 11.4 Å². The Morgan fingerprint density at radius 2 is 1.84 bits per heavy atom. The molecule has 0 bridgehead atoms. The summed E-state index contributed by atoms with van der Waals surface area (Å²) in [5, 5.41) is 4.75. The minimum atomic E-state index is -0.135. The average Bonchev–Trinajstić information content (AvgIpc) is 2.78. The first kappa shape index (κ1) is 23.1. The van der Waals surface area contributed by atoms with E-state index in [0.29, 0.717) is 36.0 Å². The number of amides is 1. The summed E-state index contributed by atoms with van der Waals surface area (Å²) in [6.07, 6.45) is 2.64. The van der Waals surface area contributed by atoms with Gasteiger partial charge in [0.1, 0.15) is 6.61 Å². The van der Waals surface area contributed by atoms with Crippen molar-refractivity contribution in [2.45, 2.75) is 19.4 Å². The first-order chi connectivity index (χ1) is 15.0. The maximum absolute atomic E-state index is 12.0. The fourth-order valence-corrected chi connectivity index (χ4v) is 3.73. The molecule has 1 amide bonds. The third-order valence-corrected chi connectivity index (χ3v) is 5.49. The summed E-state index contributed by atoms with van der Waals surface area (Å²) in [7, 11) is 1.59. The quantitative estimate of drug-likeness (QED) is 0.215. The van der Waals surface area contributed by atoms with Crippen LogP contribution in [-0.4, -0.2) is 19.2 Å². The molecule has 0 radical (unpaired) electrons. The van der Waals surface area contributed by atoms with Gasteiger partial charge in [-0.1, -0.05) is 54.1 Å². The molecule has 0 saturated heterocycles. The molecule has 0 unspecified atom stereocenters. The molecule has 0 aromatic heterocycles. The van der Waals surface area contributed by atoms with E-state index in [2.05, 4.69) is 33.1 Å². The molecular weight excluding hydrogens is 527 g/mol. The standard InChI is InChI=1S/C24H22ClIN2O3/c1-30-22-14-19(15-27-28-23(29)12-9-17-5-3-2-4-6-17)13-21(26)24(22)31-16-18-7-10-20(25)11-8-18/h2-8,10-11,13-15H,9,12,16H2,1H3,(H,28,29)/b27-15-. The van der Waals surface area contributed by atoms with E-state index >= 15 is 0 Å². The van der Waals surface area contributed by atoms with Crippen molar-refractivity contribution in [3.63, 3.8) is 0 Å². The van der Waals surface area contributed by atoms with Crippen LogP contribution in [0.5, 0.6) is 11.5 Å². The molecule has 0 saturated carbocycles. The van der Waals surface area contributed by atoms with Crippen LogP contribution in [-0.2, 0) is 17.8 Å². The molecule has 7 heteroatoms. The zero-order chi connectivity index (χ0) is 22.1. The number of carbonyl (C=O) groups is 1. The molecule has 0 aliphatic rings. The second kappa shape index (κ2) is 11.7. The summed E-state index contributed by atoms with van der Waals surface area (Å²) < 4.78 is 12.3. The largest absolute Gasteiger partial charge is 0.493 e. The van der Waals surface area contributed by atoms with E-state index in [4.69, 9.17) is 21.1 Å². The maximum Gasteiger partial charge on any atom is 0.240 e. The van der Waals surface area contributed by atoms with Crippen molar-refractivity contribution in [2.75, 3.05) is 7.11 Å². The smallest absolute Gasteiger partial charge is 0.240 e. The van der Waals surface area contributed by atoms with E-state index in [1.165, 1.54) is 0 Å². The second-order valence-electron chi connectivity index (χ2n) is 6.73. The molecular formula is C24H22ClIN2O3. The average molecular weight is 549 g/mol.